The third-order valence-corrected chi connectivity index (χ3v) is 5.83. The number of hydrogen-bond acceptors (Lipinski definition) is 7. The van der Waals surface area contributed by atoms with Crippen molar-refractivity contribution in [3.63, 3.8) is 0 Å². The highest BCUT2D eigenvalue weighted by Gasteiger charge is 2.50. The minimum Gasteiger partial charge on any atom is -0.454 e. The maximum absolute atomic E-state index is 12.8. The number of fused-ring (bicyclic) bond motifs is 1. The van der Waals surface area contributed by atoms with Gasteiger partial charge in [0.1, 0.15) is 12.3 Å². The summed E-state index contributed by atoms with van der Waals surface area (Å²) in [7, 11) is 0. The van der Waals surface area contributed by atoms with Gasteiger partial charge in [-0.3, -0.25) is 24.1 Å². The summed E-state index contributed by atoms with van der Waals surface area (Å²) in [6.07, 6.45) is 2.02. The van der Waals surface area contributed by atoms with Gasteiger partial charge in [-0.2, -0.15) is 0 Å². The van der Waals surface area contributed by atoms with Gasteiger partial charge in [-0.25, -0.2) is 0 Å². The standard InChI is InChI=1S/C22H23N3O6/c1-13-9-18(24-31-13)23-19(26)12-30-20(27)11-25-21(28)16-8-7-15(10-17(16)22(25)29)14-5-3-2-4-6-14/h2-6,9,15-17H,7-8,10-12H2,1H3,(H,23,24,26)/t15-,16-,17+/m1/s1. The van der Waals surface area contributed by atoms with Crippen molar-refractivity contribution < 1.29 is 28.4 Å². The fraction of sp³-hybridized carbons (Fsp3) is 0.409. The Bertz CT molecular complexity index is 1000. The molecule has 1 aromatic heterocycles. The molecule has 3 atom stereocenters. The van der Waals surface area contributed by atoms with Crippen molar-refractivity contribution in [1.29, 1.82) is 0 Å². The first-order valence-electron chi connectivity index (χ1n) is 10.2. The summed E-state index contributed by atoms with van der Waals surface area (Å²) < 4.78 is 9.76. The van der Waals surface area contributed by atoms with Gasteiger partial charge in [0.2, 0.25) is 11.8 Å². The maximum Gasteiger partial charge on any atom is 0.326 e. The van der Waals surface area contributed by atoms with Crippen LogP contribution in [0.1, 0.15) is 36.5 Å². The number of nitrogens with one attached hydrogen (secondary N) is 1. The molecule has 9 nitrogen and oxygen atoms in total. The van der Waals surface area contributed by atoms with Gasteiger partial charge in [-0.05, 0) is 37.7 Å². The molecule has 2 heterocycles. The first kappa shape index (κ1) is 20.8. The number of anilines is 1. The van der Waals surface area contributed by atoms with E-state index < -0.39 is 30.9 Å². The van der Waals surface area contributed by atoms with Crippen LogP contribution in [0.5, 0.6) is 0 Å². The summed E-state index contributed by atoms with van der Waals surface area (Å²) in [4.78, 5) is 50.5. The Morgan fingerprint density at radius 1 is 1.16 bits per heavy atom. The number of benzene rings is 1. The van der Waals surface area contributed by atoms with Gasteiger partial charge in [0.05, 0.1) is 11.8 Å². The molecule has 1 N–H and O–H groups in total. The number of imide groups is 1. The molecule has 0 spiro atoms. The number of amides is 3. The zero-order chi connectivity index (χ0) is 22.0. The Hall–Kier alpha value is -3.49. The second-order valence-electron chi connectivity index (χ2n) is 7.93. The van der Waals surface area contributed by atoms with E-state index in [1.165, 1.54) is 6.07 Å². The van der Waals surface area contributed by atoms with Gasteiger partial charge in [0, 0.05) is 6.07 Å². The molecule has 2 aliphatic rings. The quantitative estimate of drug-likeness (QED) is 0.556. The molecule has 3 amide bonds. The Labute approximate surface area is 178 Å². The zero-order valence-corrected chi connectivity index (χ0v) is 17.1. The number of aromatic nitrogens is 1. The predicted molar refractivity (Wildman–Crippen MR) is 108 cm³/mol. The minimum absolute atomic E-state index is 0.209. The van der Waals surface area contributed by atoms with E-state index in [0.29, 0.717) is 18.6 Å². The second kappa shape index (κ2) is 8.71. The Kier molecular flexibility index (Phi) is 5.83. The average Bonchev–Trinajstić information content (AvgIpc) is 3.28. The highest BCUT2D eigenvalue weighted by molar-refractivity contribution is 6.07. The molecule has 4 rings (SSSR count). The summed E-state index contributed by atoms with van der Waals surface area (Å²) in [5.74, 6) is -1.94. The topological polar surface area (TPSA) is 119 Å². The molecule has 9 heteroatoms. The SMILES string of the molecule is Cc1cc(NC(=O)COC(=O)CN2C(=O)[C@H]3C[C@H](c4ccccc4)CC[C@H]3C2=O)no1. The number of carbonyl (C=O) groups excluding carboxylic acids is 4. The van der Waals surface area contributed by atoms with Crippen LogP contribution in [-0.4, -0.2) is 46.9 Å². The van der Waals surface area contributed by atoms with E-state index in [-0.39, 0.29) is 29.5 Å². The lowest BCUT2D eigenvalue weighted by molar-refractivity contribution is -0.154. The Balaban J connectivity index is 1.30. The molecular formula is C22H23N3O6. The van der Waals surface area contributed by atoms with Crippen molar-refractivity contribution >= 4 is 29.5 Å². The predicted octanol–water partition coefficient (Wildman–Crippen LogP) is 2.03. The summed E-state index contributed by atoms with van der Waals surface area (Å²) in [5, 5.41) is 6.03. The molecule has 1 saturated heterocycles. The third kappa shape index (κ3) is 4.50. The van der Waals surface area contributed by atoms with Crippen molar-refractivity contribution in [1.82, 2.24) is 10.1 Å². The molecule has 31 heavy (non-hydrogen) atoms. The molecule has 0 radical (unpaired) electrons. The molecule has 2 fully saturated rings. The largest absolute Gasteiger partial charge is 0.454 e. The van der Waals surface area contributed by atoms with Crippen molar-refractivity contribution in [3.8, 4) is 0 Å². The van der Waals surface area contributed by atoms with E-state index in [1.807, 2.05) is 30.3 Å². The van der Waals surface area contributed by atoms with Gasteiger partial charge in [-0.1, -0.05) is 35.5 Å². The number of rotatable bonds is 6. The van der Waals surface area contributed by atoms with Crippen LogP contribution < -0.4 is 5.32 Å². The maximum atomic E-state index is 12.8. The van der Waals surface area contributed by atoms with Crippen LogP contribution >= 0.6 is 0 Å². The van der Waals surface area contributed by atoms with Crippen LogP contribution in [0.4, 0.5) is 5.82 Å². The third-order valence-electron chi connectivity index (χ3n) is 5.83. The molecule has 162 valence electrons. The molecule has 2 aromatic rings. The van der Waals surface area contributed by atoms with Crippen LogP contribution in [0.15, 0.2) is 40.9 Å². The van der Waals surface area contributed by atoms with Gasteiger partial charge in [0.25, 0.3) is 5.91 Å². The van der Waals surface area contributed by atoms with Gasteiger partial charge >= 0.3 is 5.97 Å². The number of aryl methyl sites for hydroxylation is 1. The summed E-state index contributed by atoms with van der Waals surface area (Å²) in [5.41, 5.74) is 1.16. The number of nitrogens with zero attached hydrogens (tertiary/aromatic N) is 2. The van der Waals surface area contributed by atoms with E-state index in [4.69, 9.17) is 9.26 Å². The number of carbonyl (C=O) groups is 4. The highest BCUT2D eigenvalue weighted by Crippen LogP contribution is 2.44. The van der Waals surface area contributed by atoms with E-state index in [1.54, 1.807) is 6.92 Å². The first-order chi connectivity index (χ1) is 14.9. The van der Waals surface area contributed by atoms with Gasteiger partial charge in [-0.15, -0.1) is 0 Å². The molecule has 1 aromatic carbocycles. The van der Waals surface area contributed by atoms with Gasteiger partial charge in [0.15, 0.2) is 12.4 Å². The number of esters is 1. The van der Waals surface area contributed by atoms with Crippen LogP contribution in [0.2, 0.25) is 0 Å². The van der Waals surface area contributed by atoms with Crippen LogP contribution in [0.25, 0.3) is 0 Å². The smallest absolute Gasteiger partial charge is 0.326 e. The van der Waals surface area contributed by atoms with Crippen molar-refractivity contribution in [2.24, 2.45) is 11.8 Å². The summed E-state index contributed by atoms with van der Waals surface area (Å²) >= 11 is 0. The summed E-state index contributed by atoms with van der Waals surface area (Å²) in [6, 6.07) is 11.5. The minimum atomic E-state index is -0.813. The summed E-state index contributed by atoms with van der Waals surface area (Å²) in [6.45, 7) is 0.632. The van der Waals surface area contributed by atoms with E-state index in [2.05, 4.69) is 10.5 Å². The van der Waals surface area contributed by atoms with Crippen LogP contribution in [-0.2, 0) is 23.9 Å². The van der Waals surface area contributed by atoms with Crippen molar-refractivity contribution in [2.45, 2.75) is 32.1 Å². The van der Waals surface area contributed by atoms with E-state index in [0.717, 1.165) is 16.9 Å². The molecule has 1 saturated carbocycles. The Morgan fingerprint density at radius 3 is 2.61 bits per heavy atom. The monoisotopic (exact) mass is 425 g/mol. The Morgan fingerprint density at radius 2 is 1.90 bits per heavy atom. The molecule has 0 bridgehead atoms. The van der Waals surface area contributed by atoms with E-state index >= 15 is 0 Å². The zero-order valence-electron chi connectivity index (χ0n) is 17.1. The first-order valence-corrected chi connectivity index (χ1v) is 10.2. The molecule has 0 unspecified atom stereocenters. The average molecular weight is 425 g/mol. The second-order valence-corrected chi connectivity index (χ2v) is 7.93. The number of hydrogen-bond donors (Lipinski definition) is 1. The number of likely N-dealkylation sites (tertiary alicyclic amines) is 1. The molecule has 1 aliphatic heterocycles. The lowest BCUT2D eigenvalue weighted by Gasteiger charge is -2.28. The van der Waals surface area contributed by atoms with Crippen molar-refractivity contribution in [3.05, 3.63) is 47.7 Å². The molecule has 1 aliphatic carbocycles. The fourth-order valence-corrected chi connectivity index (χ4v) is 4.36. The fourth-order valence-electron chi connectivity index (χ4n) is 4.36. The normalized spacial score (nSPS) is 22.9. The molecular weight excluding hydrogens is 402 g/mol. The van der Waals surface area contributed by atoms with E-state index in [9.17, 15) is 19.2 Å². The van der Waals surface area contributed by atoms with Crippen LogP contribution in [0, 0.1) is 18.8 Å². The number of ether oxygens (including phenoxy) is 1. The lowest BCUT2D eigenvalue weighted by atomic mass is 9.73. The lowest BCUT2D eigenvalue weighted by Crippen LogP contribution is -2.37. The van der Waals surface area contributed by atoms with Crippen LogP contribution in [0.3, 0.4) is 0 Å². The highest BCUT2D eigenvalue weighted by atomic mass is 16.5. The van der Waals surface area contributed by atoms with Crippen molar-refractivity contribution in [2.75, 3.05) is 18.5 Å². The van der Waals surface area contributed by atoms with Gasteiger partial charge < -0.3 is 14.6 Å².